The lowest BCUT2D eigenvalue weighted by atomic mass is 10.2. The molecule has 1 atom stereocenters. The van der Waals surface area contributed by atoms with Crippen molar-refractivity contribution in [2.45, 2.75) is 32.0 Å². The summed E-state index contributed by atoms with van der Waals surface area (Å²) in [5.74, 6) is 0.388. The van der Waals surface area contributed by atoms with Crippen LogP contribution in [0.1, 0.15) is 31.3 Å². The quantitative estimate of drug-likeness (QED) is 0.525. The van der Waals surface area contributed by atoms with Gasteiger partial charge < -0.3 is 9.87 Å². The van der Waals surface area contributed by atoms with Crippen LogP contribution < -0.4 is 5.32 Å². The summed E-state index contributed by atoms with van der Waals surface area (Å²) >= 11 is -1.26. The summed E-state index contributed by atoms with van der Waals surface area (Å²) in [5, 5.41) is 4.10. The zero-order chi connectivity index (χ0) is 14.9. The summed E-state index contributed by atoms with van der Waals surface area (Å²) in [4.78, 5) is 24.1. The number of pyridine rings is 1. The Morgan fingerprint density at radius 1 is 1.40 bits per heavy atom. The third-order valence-electron chi connectivity index (χ3n) is 2.59. The molecule has 2 aromatic heterocycles. The lowest BCUT2D eigenvalue weighted by molar-refractivity contribution is 0.101. The van der Waals surface area contributed by atoms with Gasteiger partial charge in [-0.05, 0) is 19.9 Å². The molecule has 0 aliphatic carbocycles. The minimum absolute atomic E-state index is 0.123. The molecule has 0 aromatic carbocycles. The van der Waals surface area contributed by atoms with Gasteiger partial charge in [0.05, 0.1) is 0 Å². The number of nitrogens with one attached hydrogen (secondary N) is 1. The molecule has 106 valence electrons. The topological polar surface area (TPSA) is 90.8 Å². The molecule has 20 heavy (non-hydrogen) atoms. The number of rotatable bonds is 4. The fourth-order valence-electron chi connectivity index (χ4n) is 1.72. The molecule has 0 saturated carbocycles. The van der Waals surface area contributed by atoms with Gasteiger partial charge in [0.1, 0.15) is 17.5 Å². The van der Waals surface area contributed by atoms with Crippen LogP contribution in [-0.2, 0) is 11.2 Å². The summed E-state index contributed by atoms with van der Waals surface area (Å²) in [6.07, 6.45) is 3.09. The maximum atomic E-state index is 11.5. The van der Waals surface area contributed by atoms with Gasteiger partial charge in [0.15, 0.2) is 11.6 Å². The molecule has 2 rings (SSSR count). The summed E-state index contributed by atoms with van der Waals surface area (Å²) in [5.41, 5.74) is 0.929. The van der Waals surface area contributed by atoms with E-state index in [0.29, 0.717) is 22.4 Å². The molecule has 0 radical (unpaired) electrons. The Labute approximate surface area is 120 Å². The lowest BCUT2D eigenvalue weighted by Crippen LogP contribution is -2.14. The van der Waals surface area contributed by atoms with E-state index in [1.54, 1.807) is 12.3 Å². The van der Waals surface area contributed by atoms with Gasteiger partial charge in [0.2, 0.25) is 0 Å². The molecular formula is C13H16N4O2S. The van der Waals surface area contributed by atoms with Gasteiger partial charge >= 0.3 is 5.16 Å². The maximum Gasteiger partial charge on any atom is 0.343 e. The Morgan fingerprint density at radius 2 is 2.10 bits per heavy atom. The highest BCUT2D eigenvalue weighted by Gasteiger charge is 2.15. The molecular weight excluding hydrogens is 276 g/mol. The van der Waals surface area contributed by atoms with Crippen LogP contribution in [0.15, 0.2) is 17.4 Å². The first-order valence-electron chi connectivity index (χ1n) is 6.17. The Balaban J connectivity index is 2.67. The second-order valence-electron chi connectivity index (χ2n) is 4.76. The van der Waals surface area contributed by atoms with Crippen molar-refractivity contribution in [1.29, 1.82) is 0 Å². The number of carbonyl (C=O) groups is 1. The summed E-state index contributed by atoms with van der Waals surface area (Å²) in [7, 11) is 0. The molecule has 0 amide bonds. The summed E-state index contributed by atoms with van der Waals surface area (Å²) in [6, 6.07) is 1.78. The van der Waals surface area contributed by atoms with Crippen LogP contribution in [0.3, 0.4) is 0 Å². The fraction of sp³-hybridized carbons (Fsp3) is 0.385. The first-order chi connectivity index (χ1) is 9.38. The monoisotopic (exact) mass is 292 g/mol. The molecule has 1 unspecified atom stereocenters. The van der Waals surface area contributed by atoms with E-state index in [1.165, 1.54) is 13.2 Å². The van der Waals surface area contributed by atoms with Gasteiger partial charge in [-0.1, -0.05) is 0 Å². The Kier molecular flexibility index (Phi) is 4.20. The smallest absolute Gasteiger partial charge is 0.343 e. The highest BCUT2D eigenvalue weighted by molar-refractivity contribution is 7.90. The highest BCUT2D eigenvalue weighted by Crippen LogP contribution is 2.22. The number of carbonyl (C=O) groups excluding carboxylic acids is 1. The van der Waals surface area contributed by atoms with Crippen molar-refractivity contribution in [3.63, 3.8) is 0 Å². The Bertz CT molecular complexity index is 658. The summed E-state index contributed by atoms with van der Waals surface area (Å²) in [6.45, 7) is 5.39. The van der Waals surface area contributed by atoms with Crippen LogP contribution in [0, 0.1) is 0 Å². The predicted molar refractivity (Wildman–Crippen MR) is 78.4 cm³/mol. The molecule has 0 bridgehead atoms. The SMILES string of the molecule is CC(=O)c1cc2cnc([S+](C)[O-])nc2c(NC(C)C)n1. The van der Waals surface area contributed by atoms with Crippen molar-refractivity contribution in [2.24, 2.45) is 0 Å². The van der Waals surface area contributed by atoms with Crippen molar-refractivity contribution in [3.8, 4) is 0 Å². The molecule has 0 aliphatic rings. The number of ketones is 1. The molecule has 6 nitrogen and oxygen atoms in total. The number of hydrogen-bond acceptors (Lipinski definition) is 6. The van der Waals surface area contributed by atoms with E-state index in [9.17, 15) is 9.35 Å². The highest BCUT2D eigenvalue weighted by atomic mass is 32.2. The van der Waals surface area contributed by atoms with Crippen LogP contribution in [0.2, 0.25) is 0 Å². The Morgan fingerprint density at radius 3 is 2.65 bits per heavy atom. The van der Waals surface area contributed by atoms with Crippen molar-refractivity contribution in [1.82, 2.24) is 15.0 Å². The van der Waals surface area contributed by atoms with E-state index in [4.69, 9.17) is 0 Å². The number of aromatic nitrogens is 3. The lowest BCUT2D eigenvalue weighted by Gasteiger charge is -2.12. The number of Topliss-reactive ketones (excluding diaryl/α,β-unsaturated/α-hetero) is 1. The third kappa shape index (κ3) is 3.05. The molecule has 0 fully saturated rings. The number of anilines is 1. The molecule has 0 aliphatic heterocycles. The number of fused-ring (bicyclic) bond motifs is 1. The standard InChI is InChI=1S/C13H16N4O2S/c1-7(2)15-12-11-9(5-10(16-12)8(3)18)6-14-13(17-11)20(4)19/h5-7H,1-4H3,(H,15,16). The molecule has 2 aromatic rings. The molecule has 7 heteroatoms. The maximum absolute atomic E-state index is 11.5. The van der Waals surface area contributed by atoms with E-state index in [0.717, 1.165) is 0 Å². The minimum Gasteiger partial charge on any atom is -0.609 e. The normalized spacial score (nSPS) is 12.7. The van der Waals surface area contributed by atoms with Gasteiger partial charge in [0, 0.05) is 35.7 Å². The van der Waals surface area contributed by atoms with E-state index in [1.807, 2.05) is 13.8 Å². The van der Waals surface area contributed by atoms with Gasteiger partial charge in [-0.25, -0.2) is 4.98 Å². The molecule has 0 spiro atoms. The molecule has 0 saturated heterocycles. The van der Waals surface area contributed by atoms with Crippen LogP contribution in [0.25, 0.3) is 10.9 Å². The second kappa shape index (κ2) is 5.72. The van der Waals surface area contributed by atoms with Crippen LogP contribution >= 0.6 is 0 Å². The minimum atomic E-state index is -1.26. The average Bonchev–Trinajstić information content (AvgIpc) is 2.37. The van der Waals surface area contributed by atoms with Gasteiger partial charge in [0.25, 0.3) is 0 Å². The van der Waals surface area contributed by atoms with Gasteiger partial charge in [-0.3, -0.25) is 4.79 Å². The van der Waals surface area contributed by atoms with Crippen molar-refractivity contribution >= 4 is 33.7 Å². The van der Waals surface area contributed by atoms with Crippen molar-refractivity contribution in [2.75, 3.05) is 11.6 Å². The first-order valence-corrected chi connectivity index (χ1v) is 7.73. The van der Waals surface area contributed by atoms with Crippen molar-refractivity contribution < 1.29 is 9.35 Å². The summed E-state index contributed by atoms with van der Waals surface area (Å²) < 4.78 is 11.5. The molecule has 2 heterocycles. The van der Waals surface area contributed by atoms with E-state index in [-0.39, 0.29) is 17.0 Å². The predicted octanol–water partition coefficient (Wildman–Crippen LogP) is 1.79. The second-order valence-corrected chi connectivity index (χ2v) is 6.03. The van der Waals surface area contributed by atoms with Crippen LogP contribution in [0.4, 0.5) is 5.82 Å². The van der Waals surface area contributed by atoms with Crippen molar-refractivity contribution in [3.05, 3.63) is 18.0 Å². The van der Waals surface area contributed by atoms with E-state index < -0.39 is 11.2 Å². The van der Waals surface area contributed by atoms with Gasteiger partial charge in [-0.2, -0.15) is 9.97 Å². The van der Waals surface area contributed by atoms with Crippen LogP contribution in [-0.4, -0.2) is 37.6 Å². The fourth-order valence-corrected chi connectivity index (χ4v) is 2.14. The first kappa shape index (κ1) is 14.7. The van der Waals surface area contributed by atoms with Gasteiger partial charge in [-0.15, -0.1) is 0 Å². The molecule has 1 N–H and O–H groups in total. The Hall–Kier alpha value is -1.73. The zero-order valence-electron chi connectivity index (χ0n) is 11.8. The largest absolute Gasteiger partial charge is 0.609 e. The third-order valence-corrected chi connectivity index (χ3v) is 3.30. The van der Waals surface area contributed by atoms with Crippen LogP contribution in [0.5, 0.6) is 0 Å². The zero-order valence-corrected chi connectivity index (χ0v) is 12.6. The van der Waals surface area contributed by atoms with E-state index >= 15 is 0 Å². The average molecular weight is 292 g/mol. The number of hydrogen-bond donors (Lipinski definition) is 1. The number of nitrogens with zero attached hydrogens (tertiary/aromatic N) is 3. The van der Waals surface area contributed by atoms with E-state index in [2.05, 4.69) is 20.3 Å².